The van der Waals surface area contributed by atoms with E-state index in [2.05, 4.69) is 45.6 Å². The molecular formula is C13H20O2Si. The predicted octanol–water partition coefficient (Wildman–Crippen LogP) is 3.50. The maximum Gasteiger partial charge on any atom is 0.216 e. The van der Waals surface area contributed by atoms with E-state index in [1.54, 1.807) is 0 Å². The summed E-state index contributed by atoms with van der Waals surface area (Å²) in [4.78, 5) is 0. The molecular weight excluding hydrogens is 216 g/mol. The molecule has 0 spiro atoms. The van der Waals surface area contributed by atoms with Gasteiger partial charge in [0.15, 0.2) is 8.32 Å². The van der Waals surface area contributed by atoms with E-state index in [1.807, 2.05) is 18.2 Å². The molecule has 0 N–H and O–H groups in total. The van der Waals surface area contributed by atoms with Crippen molar-refractivity contribution >= 4 is 8.32 Å². The molecule has 1 aromatic carbocycles. The first-order chi connectivity index (χ1) is 7.27. The monoisotopic (exact) mass is 236 g/mol. The average Bonchev–Trinajstić information content (AvgIpc) is 2.68. The number of ether oxygens (including phenoxy) is 1. The first-order valence-electron chi connectivity index (χ1n) is 5.73. The molecule has 1 heterocycles. The van der Waals surface area contributed by atoms with Gasteiger partial charge in [0.25, 0.3) is 0 Å². The van der Waals surface area contributed by atoms with Crippen molar-refractivity contribution < 1.29 is 9.16 Å². The average molecular weight is 236 g/mol. The maximum absolute atomic E-state index is 6.25. The number of benzene rings is 1. The molecule has 1 atom stereocenters. The second-order valence-electron chi connectivity index (χ2n) is 5.81. The molecule has 1 aliphatic rings. The van der Waals surface area contributed by atoms with Gasteiger partial charge in [-0.1, -0.05) is 30.3 Å². The quantitative estimate of drug-likeness (QED) is 0.592. The molecule has 0 radical (unpaired) electrons. The summed E-state index contributed by atoms with van der Waals surface area (Å²) < 4.78 is 12.1. The number of hydrogen-bond acceptors (Lipinski definition) is 2. The molecule has 0 aromatic heterocycles. The Morgan fingerprint density at radius 2 is 1.56 bits per heavy atom. The summed E-state index contributed by atoms with van der Waals surface area (Å²) in [6.07, 6.45) is 0. The molecule has 0 amide bonds. The van der Waals surface area contributed by atoms with Crippen LogP contribution in [0, 0.1) is 0 Å². The van der Waals surface area contributed by atoms with Gasteiger partial charge in [-0.25, -0.2) is 0 Å². The fourth-order valence-corrected chi connectivity index (χ4v) is 3.30. The predicted molar refractivity (Wildman–Crippen MR) is 67.7 cm³/mol. The van der Waals surface area contributed by atoms with Crippen molar-refractivity contribution in [3.63, 3.8) is 0 Å². The molecule has 0 saturated carbocycles. The van der Waals surface area contributed by atoms with Crippen LogP contribution in [-0.2, 0) is 14.9 Å². The third-order valence-electron chi connectivity index (χ3n) is 2.75. The van der Waals surface area contributed by atoms with Crippen molar-refractivity contribution in [1.82, 2.24) is 0 Å². The van der Waals surface area contributed by atoms with E-state index in [4.69, 9.17) is 9.16 Å². The Morgan fingerprint density at radius 1 is 1.06 bits per heavy atom. The van der Waals surface area contributed by atoms with Crippen molar-refractivity contribution in [3.05, 3.63) is 35.9 Å². The first-order valence-corrected chi connectivity index (χ1v) is 9.14. The third-order valence-corrected chi connectivity index (χ3v) is 3.65. The van der Waals surface area contributed by atoms with Crippen molar-refractivity contribution in [2.75, 3.05) is 0 Å². The van der Waals surface area contributed by atoms with Crippen LogP contribution in [0.2, 0.25) is 19.6 Å². The third kappa shape index (κ3) is 1.95. The summed E-state index contributed by atoms with van der Waals surface area (Å²) in [5.74, 6) is -0.515. The Morgan fingerprint density at radius 3 is 1.94 bits per heavy atom. The van der Waals surface area contributed by atoms with Gasteiger partial charge in [-0.3, -0.25) is 0 Å². The Bertz CT molecular complexity index is 381. The summed E-state index contributed by atoms with van der Waals surface area (Å²) in [7, 11) is -1.63. The molecule has 16 heavy (non-hydrogen) atoms. The fourth-order valence-electron chi connectivity index (χ4n) is 2.03. The van der Waals surface area contributed by atoms with Gasteiger partial charge in [-0.15, -0.1) is 0 Å². The fraction of sp³-hybridized carbons (Fsp3) is 0.538. The second-order valence-corrected chi connectivity index (χ2v) is 10.2. The zero-order valence-electron chi connectivity index (χ0n) is 10.7. The molecule has 1 aromatic rings. The molecule has 0 bridgehead atoms. The highest BCUT2D eigenvalue weighted by atomic mass is 28.4. The maximum atomic E-state index is 6.25. The number of epoxide rings is 1. The minimum atomic E-state index is -1.63. The Hall–Kier alpha value is -0.643. The van der Waals surface area contributed by atoms with Crippen LogP contribution in [0.1, 0.15) is 19.4 Å². The molecule has 1 aliphatic heterocycles. The molecule has 1 saturated heterocycles. The Kier molecular flexibility index (Phi) is 2.53. The number of rotatable bonds is 3. The molecule has 1 unspecified atom stereocenters. The molecule has 1 fully saturated rings. The molecule has 0 aliphatic carbocycles. The van der Waals surface area contributed by atoms with Crippen molar-refractivity contribution in [2.45, 2.75) is 44.9 Å². The lowest BCUT2D eigenvalue weighted by Gasteiger charge is -2.25. The molecule has 88 valence electrons. The van der Waals surface area contributed by atoms with E-state index < -0.39 is 14.1 Å². The topological polar surface area (TPSA) is 21.8 Å². The van der Waals surface area contributed by atoms with E-state index >= 15 is 0 Å². The van der Waals surface area contributed by atoms with E-state index in [1.165, 1.54) is 0 Å². The lowest BCUT2D eigenvalue weighted by Crippen LogP contribution is -2.36. The normalized spacial score (nSPS) is 27.8. The summed E-state index contributed by atoms with van der Waals surface area (Å²) >= 11 is 0. The van der Waals surface area contributed by atoms with E-state index in [9.17, 15) is 0 Å². The largest absolute Gasteiger partial charge is 0.385 e. The highest BCUT2D eigenvalue weighted by Gasteiger charge is 2.67. The zero-order valence-corrected chi connectivity index (χ0v) is 11.7. The Labute approximate surface area is 98.7 Å². The van der Waals surface area contributed by atoms with Crippen LogP contribution in [0.3, 0.4) is 0 Å². The SMILES string of the molecule is CC1(C)OC1(O[Si](C)(C)C)c1ccccc1. The van der Waals surface area contributed by atoms with E-state index in [-0.39, 0.29) is 5.60 Å². The minimum absolute atomic E-state index is 0.214. The molecule has 2 rings (SSSR count). The van der Waals surface area contributed by atoms with Crippen LogP contribution in [0.15, 0.2) is 30.3 Å². The summed E-state index contributed by atoms with van der Waals surface area (Å²) in [5.41, 5.74) is 0.914. The smallest absolute Gasteiger partial charge is 0.216 e. The van der Waals surface area contributed by atoms with Crippen molar-refractivity contribution in [2.24, 2.45) is 0 Å². The second kappa shape index (κ2) is 3.42. The highest BCUT2D eigenvalue weighted by Crippen LogP contribution is 2.57. The van der Waals surface area contributed by atoms with E-state index in [0.717, 1.165) is 5.56 Å². The minimum Gasteiger partial charge on any atom is -0.385 e. The van der Waals surface area contributed by atoms with Gasteiger partial charge < -0.3 is 9.16 Å². The van der Waals surface area contributed by atoms with Gasteiger partial charge >= 0.3 is 0 Å². The van der Waals surface area contributed by atoms with Crippen molar-refractivity contribution in [1.29, 1.82) is 0 Å². The van der Waals surface area contributed by atoms with Gasteiger partial charge in [-0.05, 0) is 33.5 Å². The zero-order chi connectivity index (χ0) is 12.0. The van der Waals surface area contributed by atoms with Gasteiger partial charge in [-0.2, -0.15) is 0 Å². The van der Waals surface area contributed by atoms with Gasteiger partial charge in [0.2, 0.25) is 5.79 Å². The van der Waals surface area contributed by atoms with Gasteiger partial charge in [0.1, 0.15) is 5.60 Å². The highest BCUT2D eigenvalue weighted by molar-refractivity contribution is 6.69. The first kappa shape index (κ1) is 11.8. The van der Waals surface area contributed by atoms with Crippen LogP contribution >= 0.6 is 0 Å². The standard InChI is InChI=1S/C13H20O2Si/c1-12(2)13(14-12,15-16(3,4)5)11-9-7-6-8-10-11/h6-10H,1-5H3. The van der Waals surface area contributed by atoms with Gasteiger partial charge in [0.05, 0.1) is 0 Å². The van der Waals surface area contributed by atoms with Crippen LogP contribution in [0.25, 0.3) is 0 Å². The summed E-state index contributed by atoms with van der Waals surface area (Å²) in [5, 5.41) is 0. The summed E-state index contributed by atoms with van der Waals surface area (Å²) in [6, 6.07) is 10.2. The molecule has 3 heteroatoms. The lowest BCUT2D eigenvalue weighted by atomic mass is 9.99. The van der Waals surface area contributed by atoms with Crippen molar-refractivity contribution in [3.8, 4) is 0 Å². The van der Waals surface area contributed by atoms with E-state index in [0.29, 0.717) is 0 Å². The number of hydrogen-bond donors (Lipinski definition) is 0. The summed E-state index contributed by atoms with van der Waals surface area (Å²) in [6.45, 7) is 10.7. The lowest BCUT2D eigenvalue weighted by molar-refractivity contribution is 0.0519. The van der Waals surface area contributed by atoms with Crippen LogP contribution < -0.4 is 0 Å². The van der Waals surface area contributed by atoms with Crippen LogP contribution in [0.4, 0.5) is 0 Å². The van der Waals surface area contributed by atoms with Crippen LogP contribution in [-0.4, -0.2) is 13.9 Å². The van der Waals surface area contributed by atoms with Gasteiger partial charge in [0, 0.05) is 5.56 Å². The molecule has 2 nitrogen and oxygen atoms in total. The van der Waals surface area contributed by atoms with Crippen LogP contribution in [0.5, 0.6) is 0 Å². The Balaban J connectivity index is 2.33.